The molecule has 84 valence electrons. The third kappa shape index (κ3) is 2.48. The van der Waals surface area contributed by atoms with Crippen molar-refractivity contribution < 1.29 is 14.3 Å². The lowest BCUT2D eigenvalue weighted by molar-refractivity contribution is 0.0692. The van der Waals surface area contributed by atoms with Gasteiger partial charge in [-0.1, -0.05) is 6.07 Å². The Labute approximate surface area is 92.5 Å². The minimum Gasteiger partial charge on any atom is -0.478 e. The number of nitrogens with zero attached hydrogens (tertiary/aromatic N) is 2. The maximum Gasteiger partial charge on any atom is 0.340 e. The first kappa shape index (κ1) is 12.0. The third-order valence-electron chi connectivity index (χ3n) is 2.18. The molecule has 4 nitrogen and oxygen atoms in total. The number of carboxylic acids is 1. The van der Waals surface area contributed by atoms with Gasteiger partial charge in [-0.25, -0.2) is 9.18 Å². The van der Waals surface area contributed by atoms with E-state index in [1.54, 1.807) is 11.9 Å². The van der Waals surface area contributed by atoms with Gasteiger partial charge in [0.2, 0.25) is 0 Å². The lowest BCUT2D eigenvalue weighted by atomic mass is 10.1. The van der Waals surface area contributed by atoms with Crippen molar-refractivity contribution in [2.24, 2.45) is 0 Å². The molecule has 0 fully saturated rings. The molecule has 0 aliphatic carbocycles. The number of rotatable bonds is 4. The van der Waals surface area contributed by atoms with E-state index in [9.17, 15) is 9.18 Å². The van der Waals surface area contributed by atoms with Crippen LogP contribution in [0, 0.1) is 17.1 Å². The van der Waals surface area contributed by atoms with Crippen LogP contribution in [0.4, 0.5) is 10.1 Å². The van der Waals surface area contributed by atoms with E-state index < -0.39 is 11.8 Å². The zero-order chi connectivity index (χ0) is 12.1. The van der Waals surface area contributed by atoms with E-state index in [2.05, 4.69) is 0 Å². The Morgan fingerprint density at radius 2 is 2.31 bits per heavy atom. The van der Waals surface area contributed by atoms with Crippen molar-refractivity contribution >= 4 is 11.7 Å². The van der Waals surface area contributed by atoms with Crippen LogP contribution in [-0.2, 0) is 0 Å². The molecule has 0 heterocycles. The molecule has 16 heavy (non-hydrogen) atoms. The van der Waals surface area contributed by atoms with Gasteiger partial charge >= 0.3 is 5.97 Å². The molecule has 0 bridgehead atoms. The Kier molecular flexibility index (Phi) is 3.84. The second-order valence-electron chi connectivity index (χ2n) is 3.27. The van der Waals surface area contributed by atoms with Gasteiger partial charge in [0.25, 0.3) is 0 Å². The average Bonchev–Trinajstić information content (AvgIpc) is 2.24. The fraction of sp³-hybridized carbons (Fsp3) is 0.273. The summed E-state index contributed by atoms with van der Waals surface area (Å²) in [6.07, 6.45) is 0.256. The molecular weight excluding hydrogens is 211 g/mol. The van der Waals surface area contributed by atoms with Crippen LogP contribution in [0.5, 0.6) is 0 Å². The molecule has 1 aromatic carbocycles. The average molecular weight is 222 g/mol. The fourth-order valence-corrected chi connectivity index (χ4v) is 1.38. The highest BCUT2D eigenvalue weighted by Gasteiger charge is 2.17. The van der Waals surface area contributed by atoms with Crippen molar-refractivity contribution in [2.45, 2.75) is 6.42 Å². The molecule has 0 aliphatic rings. The van der Waals surface area contributed by atoms with Crippen molar-refractivity contribution in [3.8, 4) is 6.07 Å². The molecule has 0 aromatic heterocycles. The minimum absolute atomic E-state index is 0.256. The van der Waals surface area contributed by atoms with Crippen molar-refractivity contribution in [3.05, 3.63) is 29.6 Å². The van der Waals surface area contributed by atoms with Crippen LogP contribution < -0.4 is 4.90 Å². The van der Waals surface area contributed by atoms with E-state index in [0.29, 0.717) is 6.54 Å². The number of hydrogen-bond donors (Lipinski definition) is 1. The van der Waals surface area contributed by atoms with Gasteiger partial charge in [0, 0.05) is 13.6 Å². The van der Waals surface area contributed by atoms with E-state index in [4.69, 9.17) is 10.4 Å². The summed E-state index contributed by atoms with van der Waals surface area (Å²) in [5.74, 6) is -2.08. The van der Waals surface area contributed by atoms with Gasteiger partial charge in [-0.3, -0.25) is 0 Å². The number of nitriles is 1. The van der Waals surface area contributed by atoms with Crippen molar-refractivity contribution in [3.63, 3.8) is 0 Å². The van der Waals surface area contributed by atoms with E-state index in [0.717, 1.165) is 6.07 Å². The molecule has 0 radical (unpaired) electrons. The van der Waals surface area contributed by atoms with Gasteiger partial charge in [0.15, 0.2) is 0 Å². The van der Waals surface area contributed by atoms with Crippen molar-refractivity contribution in [1.29, 1.82) is 5.26 Å². The summed E-state index contributed by atoms with van der Waals surface area (Å²) in [5, 5.41) is 17.3. The Morgan fingerprint density at radius 1 is 1.62 bits per heavy atom. The second-order valence-corrected chi connectivity index (χ2v) is 3.27. The van der Waals surface area contributed by atoms with Crippen molar-refractivity contribution in [2.75, 3.05) is 18.5 Å². The summed E-state index contributed by atoms with van der Waals surface area (Å²) in [5.41, 5.74) is -0.0781. The van der Waals surface area contributed by atoms with Gasteiger partial charge in [-0.2, -0.15) is 5.26 Å². The Hall–Kier alpha value is -2.09. The van der Waals surface area contributed by atoms with E-state index >= 15 is 0 Å². The zero-order valence-electron chi connectivity index (χ0n) is 8.77. The standard InChI is InChI=1S/C11H11FN2O2/c1-14(7-3-6-13)9-5-2-4-8(12)10(9)11(15)16/h2,4-5H,3,7H2,1H3,(H,15,16). The highest BCUT2D eigenvalue weighted by Crippen LogP contribution is 2.22. The van der Waals surface area contributed by atoms with Crippen LogP contribution in [0.25, 0.3) is 0 Å². The van der Waals surface area contributed by atoms with Crippen LogP contribution in [0.2, 0.25) is 0 Å². The number of benzene rings is 1. The number of carboxylic acid groups (broad SMARTS) is 1. The molecule has 0 saturated heterocycles. The first-order valence-corrected chi connectivity index (χ1v) is 4.67. The quantitative estimate of drug-likeness (QED) is 0.844. The summed E-state index contributed by atoms with van der Waals surface area (Å²) in [7, 11) is 1.62. The third-order valence-corrected chi connectivity index (χ3v) is 2.18. The lowest BCUT2D eigenvalue weighted by Gasteiger charge is -2.19. The monoisotopic (exact) mass is 222 g/mol. The largest absolute Gasteiger partial charge is 0.478 e. The lowest BCUT2D eigenvalue weighted by Crippen LogP contribution is -2.21. The van der Waals surface area contributed by atoms with Crippen LogP contribution in [0.15, 0.2) is 18.2 Å². The van der Waals surface area contributed by atoms with Gasteiger partial charge < -0.3 is 10.0 Å². The summed E-state index contributed by atoms with van der Waals surface area (Å²) in [6, 6.07) is 6.01. The first-order chi connectivity index (χ1) is 7.57. The zero-order valence-corrected chi connectivity index (χ0v) is 8.77. The molecule has 1 rings (SSSR count). The summed E-state index contributed by atoms with van der Waals surface area (Å²) < 4.78 is 13.3. The SMILES string of the molecule is CN(CCC#N)c1cccc(F)c1C(=O)O. The number of hydrogen-bond acceptors (Lipinski definition) is 3. The molecule has 0 saturated carbocycles. The summed E-state index contributed by atoms with van der Waals surface area (Å²) in [4.78, 5) is 12.4. The highest BCUT2D eigenvalue weighted by molar-refractivity contribution is 5.94. The molecule has 0 amide bonds. The predicted octanol–water partition coefficient (Wildman–Crippen LogP) is 1.87. The number of aromatic carboxylic acids is 1. The molecule has 0 atom stereocenters. The van der Waals surface area contributed by atoms with Crippen molar-refractivity contribution in [1.82, 2.24) is 0 Å². The van der Waals surface area contributed by atoms with Crippen LogP contribution in [0.1, 0.15) is 16.8 Å². The van der Waals surface area contributed by atoms with Crippen LogP contribution in [-0.4, -0.2) is 24.7 Å². The van der Waals surface area contributed by atoms with E-state index in [1.165, 1.54) is 12.1 Å². The first-order valence-electron chi connectivity index (χ1n) is 4.67. The Morgan fingerprint density at radius 3 is 2.88 bits per heavy atom. The van der Waals surface area contributed by atoms with Gasteiger partial charge in [0.05, 0.1) is 18.2 Å². The number of anilines is 1. The summed E-state index contributed by atoms with van der Waals surface area (Å²) in [6.45, 7) is 0.361. The normalized spacial score (nSPS) is 9.56. The van der Waals surface area contributed by atoms with E-state index in [-0.39, 0.29) is 17.7 Å². The minimum atomic E-state index is -1.31. The highest BCUT2D eigenvalue weighted by atomic mass is 19.1. The van der Waals surface area contributed by atoms with Gasteiger partial charge in [0.1, 0.15) is 11.4 Å². The predicted molar refractivity (Wildman–Crippen MR) is 56.9 cm³/mol. The summed E-state index contributed by atoms with van der Waals surface area (Å²) >= 11 is 0. The molecule has 0 spiro atoms. The smallest absolute Gasteiger partial charge is 0.340 e. The number of halogens is 1. The molecule has 0 unspecified atom stereocenters. The maximum atomic E-state index is 13.3. The molecule has 5 heteroatoms. The van der Waals surface area contributed by atoms with Gasteiger partial charge in [-0.05, 0) is 12.1 Å². The molecule has 1 aromatic rings. The van der Waals surface area contributed by atoms with Crippen LogP contribution >= 0.6 is 0 Å². The Balaban J connectivity index is 3.08. The molecule has 0 aliphatic heterocycles. The van der Waals surface area contributed by atoms with Gasteiger partial charge in [-0.15, -0.1) is 0 Å². The topological polar surface area (TPSA) is 64.3 Å². The fourth-order valence-electron chi connectivity index (χ4n) is 1.38. The molecular formula is C11H11FN2O2. The Bertz CT molecular complexity index is 440. The number of carbonyl (C=O) groups is 1. The van der Waals surface area contributed by atoms with E-state index in [1.807, 2.05) is 6.07 Å². The maximum absolute atomic E-state index is 13.3. The molecule has 1 N–H and O–H groups in total. The second kappa shape index (κ2) is 5.12. The van der Waals surface area contributed by atoms with Crippen LogP contribution in [0.3, 0.4) is 0 Å².